The minimum absolute atomic E-state index is 0.255. The smallest absolute Gasteiger partial charge is 0.263 e. The minimum Gasteiger partial charge on any atom is -0.334 e. The highest BCUT2D eigenvalue weighted by atomic mass is 19.1. The van der Waals surface area contributed by atoms with Gasteiger partial charge in [-0.1, -0.05) is 5.16 Å². The van der Waals surface area contributed by atoms with Crippen LogP contribution in [-0.2, 0) is 6.54 Å². The van der Waals surface area contributed by atoms with Crippen molar-refractivity contribution in [2.24, 2.45) is 0 Å². The molecular formula is C10H8F3N3O. The van der Waals surface area contributed by atoms with Gasteiger partial charge in [-0.2, -0.15) is 4.98 Å². The molecule has 0 atom stereocenters. The first-order chi connectivity index (χ1) is 8.11. The summed E-state index contributed by atoms with van der Waals surface area (Å²) >= 11 is 0. The Labute approximate surface area is 94.4 Å². The van der Waals surface area contributed by atoms with Crippen LogP contribution in [0, 0.1) is 17.5 Å². The predicted octanol–water partition coefficient (Wildman–Crippen LogP) is 1.87. The second-order valence-corrected chi connectivity index (χ2v) is 3.29. The zero-order chi connectivity index (χ0) is 12.4. The van der Waals surface area contributed by atoms with E-state index >= 15 is 0 Å². The fraction of sp³-hybridized carbons (Fsp3) is 0.200. The molecule has 0 spiro atoms. The Morgan fingerprint density at radius 1 is 1.24 bits per heavy atom. The number of rotatable bonds is 3. The van der Waals surface area contributed by atoms with Gasteiger partial charge < -0.3 is 9.84 Å². The zero-order valence-electron chi connectivity index (χ0n) is 8.80. The van der Waals surface area contributed by atoms with Crippen LogP contribution in [0.1, 0.15) is 5.82 Å². The molecule has 0 aliphatic rings. The van der Waals surface area contributed by atoms with Crippen molar-refractivity contribution in [3.05, 3.63) is 35.4 Å². The van der Waals surface area contributed by atoms with E-state index in [1.165, 1.54) is 0 Å². The quantitative estimate of drug-likeness (QED) is 0.894. The van der Waals surface area contributed by atoms with E-state index in [0.29, 0.717) is 18.7 Å². The molecule has 90 valence electrons. The van der Waals surface area contributed by atoms with Gasteiger partial charge in [0.1, 0.15) is 23.0 Å². The minimum atomic E-state index is -1.08. The van der Waals surface area contributed by atoms with Crippen LogP contribution in [0.3, 0.4) is 0 Å². The highest BCUT2D eigenvalue weighted by Crippen LogP contribution is 2.25. The SMILES string of the molecule is CNCc1noc(-c2c(F)cc(F)cc2F)n1. The molecule has 17 heavy (non-hydrogen) atoms. The fourth-order valence-electron chi connectivity index (χ4n) is 1.33. The van der Waals surface area contributed by atoms with Crippen molar-refractivity contribution in [3.8, 4) is 11.5 Å². The Hall–Kier alpha value is -1.89. The van der Waals surface area contributed by atoms with Crippen LogP contribution in [0.4, 0.5) is 13.2 Å². The third-order valence-corrected chi connectivity index (χ3v) is 2.02. The lowest BCUT2D eigenvalue weighted by molar-refractivity contribution is 0.415. The van der Waals surface area contributed by atoms with E-state index in [-0.39, 0.29) is 11.7 Å². The molecule has 1 aromatic heterocycles. The van der Waals surface area contributed by atoms with Crippen molar-refractivity contribution in [1.82, 2.24) is 15.5 Å². The molecule has 1 N–H and O–H groups in total. The summed E-state index contributed by atoms with van der Waals surface area (Å²) in [5.74, 6) is -3.22. The molecule has 0 fully saturated rings. The van der Waals surface area contributed by atoms with Gasteiger partial charge in [0.2, 0.25) is 0 Å². The molecule has 1 aromatic carbocycles. The number of aromatic nitrogens is 2. The Balaban J connectivity index is 2.45. The van der Waals surface area contributed by atoms with Crippen molar-refractivity contribution in [2.45, 2.75) is 6.54 Å². The van der Waals surface area contributed by atoms with Gasteiger partial charge in [0.15, 0.2) is 5.82 Å². The summed E-state index contributed by atoms with van der Waals surface area (Å²) in [6.07, 6.45) is 0. The van der Waals surface area contributed by atoms with E-state index in [2.05, 4.69) is 15.5 Å². The summed E-state index contributed by atoms with van der Waals surface area (Å²) in [4.78, 5) is 3.78. The Bertz CT molecular complexity index is 518. The van der Waals surface area contributed by atoms with Crippen LogP contribution in [-0.4, -0.2) is 17.2 Å². The lowest BCUT2D eigenvalue weighted by atomic mass is 10.2. The third-order valence-electron chi connectivity index (χ3n) is 2.02. The van der Waals surface area contributed by atoms with Gasteiger partial charge in [0, 0.05) is 12.1 Å². The molecule has 0 saturated carbocycles. The lowest BCUT2D eigenvalue weighted by Gasteiger charge is -1.99. The second kappa shape index (κ2) is 4.54. The standard InChI is InChI=1S/C10H8F3N3O/c1-14-4-8-15-10(17-16-8)9-6(12)2-5(11)3-7(9)13/h2-3,14H,4H2,1H3. The number of nitrogens with zero attached hydrogens (tertiary/aromatic N) is 2. The summed E-state index contributed by atoms with van der Waals surface area (Å²) in [6, 6.07) is 1.11. The van der Waals surface area contributed by atoms with E-state index in [0.717, 1.165) is 0 Å². The summed E-state index contributed by atoms with van der Waals surface area (Å²) in [6.45, 7) is 0.300. The van der Waals surface area contributed by atoms with Crippen LogP contribution >= 0.6 is 0 Å². The van der Waals surface area contributed by atoms with Gasteiger partial charge >= 0.3 is 0 Å². The maximum atomic E-state index is 13.4. The number of halogens is 3. The number of nitrogens with one attached hydrogen (secondary N) is 1. The van der Waals surface area contributed by atoms with Crippen molar-refractivity contribution in [2.75, 3.05) is 7.05 Å². The molecule has 0 amide bonds. The zero-order valence-corrected chi connectivity index (χ0v) is 8.80. The van der Waals surface area contributed by atoms with Crippen LogP contribution in [0.25, 0.3) is 11.5 Å². The number of hydrogen-bond donors (Lipinski definition) is 1. The van der Waals surface area contributed by atoms with E-state index in [4.69, 9.17) is 4.52 Å². The van der Waals surface area contributed by atoms with Crippen molar-refractivity contribution < 1.29 is 17.7 Å². The van der Waals surface area contributed by atoms with Crippen molar-refractivity contribution in [1.29, 1.82) is 0 Å². The maximum Gasteiger partial charge on any atom is 0.263 e. The van der Waals surface area contributed by atoms with Gasteiger partial charge in [0.05, 0.1) is 6.54 Å². The van der Waals surface area contributed by atoms with E-state index in [1.54, 1.807) is 7.05 Å². The molecule has 0 saturated heterocycles. The van der Waals surface area contributed by atoms with Gasteiger partial charge in [-0.25, -0.2) is 13.2 Å². The average molecular weight is 243 g/mol. The van der Waals surface area contributed by atoms with E-state index in [9.17, 15) is 13.2 Å². The molecule has 2 rings (SSSR count). The summed E-state index contributed by atoms with van der Waals surface area (Å²) in [7, 11) is 1.66. The summed E-state index contributed by atoms with van der Waals surface area (Å²) in [5.41, 5.74) is -0.527. The molecule has 0 aliphatic carbocycles. The first kappa shape index (κ1) is 11.6. The Morgan fingerprint density at radius 3 is 2.47 bits per heavy atom. The van der Waals surface area contributed by atoms with Gasteiger partial charge in [-0.3, -0.25) is 0 Å². The lowest BCUT2D eigenvalue weighted by Crippen LogP contribution is -2.06. The molecular weight excluding hydrogens is 235 g/mol. The third kappa shape index (κ3) is 2.28. The summed E-state index contributed by atoms with van der Waals surface area (Å²) in [5, 5.41) is 6.27. The molecule has 2 aromatic rings. The monoisotopic (exact) mass is 243 g/mol. The van der Waals surface area contributed by atoms with E-state index in [1.807, 2.05) is 0 Å². The topological polar surface area (TPSA) is 51.0 Å². The summed E-state index contributed by atoms with van der Waals surface area (Å²) < 4.78 is 44.1. The average Bonchev–Trinajstić information content (AvgIpc) is 2.65. The highest BCUT2D eigenvalue weighted by Gasteiger charge is 2.19. The van der Waals surface area contributed by atoms with Gasteiger partial charge in [0.25, 0.3) is 5.89 Å². The van der Waals surface area contributed by atoms with Crippen LogP contribution in [0.15, 0.2) is 16.7 Å². The van der Waals surface area contributed by atoms with Crippen molar-refractivity contribution >= 4 is 0 Å². The van der Waals surface area contributed by atoms with Crippen LogP contribution in [0.5, 0.6) is 0 Å². The first-order valence-corrected chi connectivity index (χ1v) is 4.74. The molecule has 1 heterocycles. The normalized spacial score (nSPS) is 10.8. The Morgan fingerprint density at radius 2 is 1.88 bits per heavy atom. The highest BCUT2D eigenvalue weighted by molar-refractivity contribution is 5.54. The molecule has 0 bridgehead atoms. The predicted molar refractivity (Wildman–Crippen MR) is 52.4 cm³/mol. The fourth-order valence-corrected chi connectivity index (χ4v) is 1.33. The van der Waals surface area contributed by atoms with Crippen LogP contribution < -0.4 is 5.32 Å². The molecule has 7 heteroatoms. The van der Waals surface area contributed by atoms with Crippen LogP contribution in [0.2, 0.25) is 0 Å². The maximum absolute atomic E-state index is 13.4. The largest absolute Gasteiger partial charge is 0.334 e. The number of benzene rings is 1. The van der Waals surface area contributed by atoms with Gasteiger partial charge in [-0.15, -0.1) is 0 Å². The van der Waals surface area contributed by atoms with Gasteiger partial charge in [-0.05, 0) is 7.05 Å². The second-order valence-electron chi connectivity index (χ2n) is 3.29. The van der Waals surface area contributed by atoms with Crippen molar-refractivity contribution in [3.63, 3.8) is 0 Å². The number of hydrogen-bond acceptors (Lipinski definition) is 4. The molecule has 0 radical (unpaired) electrons. The first-order valence-electron chi connectivity index (χ1n) is 4.74. The molecule has 4 nitrogen and oxygen atoms in total. The van der Waals surface area contributed by atoms with E-state index < -0.39 is 23.0 Å². The molecule has 0 unspecified atom stereocenters. The molecule has 0 aliphatic heterocycles. The Kier molecular flexibility index (Phi) is 3.10.